The molecule has 0 aliphatic heterocycles. The molecule has 0 rings (SSSR count). The molecule has 0 heterocycles. The van der Waals surface area contributed by atoms with Crippen LogP contribution in [-0.4, -0.2) is 68.5 Å². The van der Waals surface area contributed by atoms with Gasteiger partial charge in [0.2, 0.25) is 0 Å². The molecule has 10 heteroatoms. The van der Waals surface area contributed by atoms with Gasteiger partial charge in [0.25, 0.3) is 0 Å². The maximum Gasteiger partial charge on any atom is 2.00 e. The molecule has 0 saturated heterocycles. The quantitative estimate of drug-likeness (QED) is 0.460. The van der Waals surface area contributed by atoms with E-state index in [0.717, 1.165) is 0 Å². The van der Waals surface area contributed by atoms with Gasteiger partial charge >= 0.3 is 85.6 Å². The minimum atomic E-state index is 0. The summed E-state index contributed by atoms with van der Waals surface area (Å²) in [6, 6.07) is 0. The van der Waals surface area contributed by atoms with Gasteiger partial charge < -0.3 is 32.9 Å². The summed E-state index contributed by atoms with van der Waals surface area (Å²) in [5, 5.41) is 0. The number of rotatable bonds is 0. The van der Waals surface area contributed by atoms with Crippen molar-refractivity contribution in [3.63, 3.8) is 0 Å². The van der Waals surface area contributed by atoms with Crippen LogP contribution < -0.4 is 0 Å². The van der Waals surface area contributed by atoms with Crippen LogP contribution in [0.4, 0.5) is 0 Å². The Kier molecular flexibility index (Phi) is 2840. The first-order valence-corrected chi connectivity index (χ1v) is 0. The van der Waals surface area contributed by atoms with Crippen LogP contribution >= 0.6 is 0 Å². The molecule has 0 saturated carbocycles. The van der Waals surface area contributed by atoms with Gasteiger partial charge in [-0.15, -0.1) is 0 Å². The van der Waals surface area contributed by atoms with Gasteiger partial charge in [0.15, 0.2) is 0 Å². The van der Waals surface area contributed by atoms with E-state index < -0.39 is 0 Å². The standard InChI is InChI=1S/Mg.Mn.Mo.6O.Sr/q2*+2;;6*-2;+2. The van der Waals surface area contributed by atoms with Crippen LogP contribution in [0.1, 0.15) is 0 Å². The fraction of sp³-hybridized carbons (Fsp3) is 0. The summed E-state index contributed by atoms with van der Waals surface area (Å²) in [5.41, 5.74) is 0. The molecule has 0 atom stereocenters. The zero-order chi connectivity index (χ0) is 0. The normalized spacial score (nSPS) is 0. The van der Waals surface area contributed by atoms with Gasteiger partial charge in [-0.05, 0) is 0 Å². The molecule has 10 heavy (non-hydrogen) atoms. The van der Waals surface area contributed by atoms with Gasteiger partial charge in [0.05, 0.1) is 0 Å². The van der Waals surface area contributed by atoms with Crippen LogP contribution in [0.15, 0.2) is 0 Å². The van der Waals surface area contributed by atoms with Crippen molar-refractivity contribution in [2.24, 2.45) is 0 Å². The second-order valence-electron chi connectivity index (χ2n) is 0. The molecular formula is MgMnMoO6Sr-6. The van der Waals surface area contributed by atoms with E-state index >= 15 is 0 Å². The SMILES string of the molecule is [Mg+2].[Mn+2].[Mo].[O-2].[O-2].[O-2].[O-2].[O-2].[O-2].[Sr+2]. The largest absolute Gasteiger partial charge is 2.00 e. The van der Waals surface area contributed by atoms with Crippen molar-refractivity contribution in [2.75, 3.05) is 0 Å². The van der Waals surface area contributed by atoms with E-state index in [1.807, 2.05) is 0 Å². The molecule has 0 fully saturated rings. The molecule has 0 aromatic heterocycles. The second kappa shape index (κ2) is 149. The third kappa shape index (κ3) is 113. The van der Waals surface area contributed by atoms with Crippen molar-refractivity contribution in [1.82, 2.24) is 0 Å². The summed E-state index contributed by atoms with van der Waals surface area (Å²) in [5.74, 6) is 0. The first kappa shape index (κ1) is 191. The number of hydrogen-bond acceptors (Lipinski definition) is 0. The van der Waals surface area contributed by atoms with Crippen LogP contribution in [0.25, 0.3) is 0 Å². The van der Waals surface area contributed by atoms with Crippen LogP contribution in [0.5, 0.6) is 0 Å². The minimum Gasteiger partial charge on any atom is -2.00 e. The summed E-state index contributed by atoms with van der Waals surface area (Å²) < 4.78 is 0. The molecule has 1 radical (unpaired) electrons. The topological polar surface area (TPSA) is 171 Å². The fourth-order valence-electron chi connectivity index (χ4n) is 0. The Morgan fingerprint density at radius 2 is 0.500 bits per heavy atom. The smallest absolute Gasteiger partial charge is 2.00 e. The van der Waals surface area contributed by atoms with E-state index in [-0.39, 0.29) is 140 Å². The van der Waals surface area contributed by atoms with Gasteiger partial charge in [0, 0.05) is 21.1 Å². The van der Waals surface area contributed by atoms with E-state index in [0.29, 0.717) is 0 Å². The van der Waals surface area contributed by atoms with E-state index in [2.05, 4.69) is 0 Å². The fourth-order valence-corrected chi connectivity index (χ4v) is 0. The molecule has 0 spiro atoms. The molecule has 0 bridgehead atoms. The average Bonchev–Trinajstić information content (AvgIpc) is 0. The molecule has 0 unspecified atom stereocenters. The second-order valence-corrected chi connectivity index (χ2v) is 0. The summed E-state index contributed by atoms with van der Waals surface area (Å²) >= 11 is 0. The molecule has 6 nitrogen and oxygen atoms in total. The van der Waals surface area contributed by atoms with Gasteiger partial charge in [-0.3, -0.25) is 0 Å². The van der Waals surface area contributed by atoms with Crippen LogP contribution in [0.3, 0.4) is 0 Å². The van der Waals surface area contributed by atoms with Gasteiger partial charge in [-0.25, -0.2) is 0 Å². The maximum atomic E-state index is 0. The average molecular weight is 359 g/mol. The van der Waals surface area contributed by atoms with E-state index in [4.69, 9.17) is 0 Å². The Balaban J connectivity index is 0. The van der Waals surface area contributed by atoms with E-state index in [1.165, 1.54) is 0 Å². The minimum absolute atomic E-state index is 0. The summed E-state index contributed by atoms with van der Waals surface area (Å²) in [4.78, 5) is 0. The van der Waals surface area contributed by atoms with E-state index in [1.54, 1.807) is 0 Å². The monoisotopic (exact) mass is 361 g/mol. The summed E-state index contributed by atoms with van der Waals surface area (Å²) in [6.45, 7) is 0. The first-order chi connectivity index (χ1) is 0. The maximum absolute atomic E-state index is 0. The molecule has 0 N–H and O–H groups in total. The van der Waals surface area contributed by atoms with Gasteiger partial charge in [-0.1, -0.05) is 0 Å². The van der Waals surface area contributed by atoms with Crippen molar-refractivity contribution < 1.29 is 71.0 Å². The predicted octanol–water partition coefficient (Wildman–Crippen LogP) is -1.48. The molecule has 59 valence electrons. The van der Waals surface area contributed by atoms with Crippen molar-refractivity contribution >= 4 is 68.5 Å². The van der Waals surface area contributed by atoms with Crippen molar-refractivity contribution in [3.05, 3.63) is 0 Å². The van der Waals surface area contributed by atoms with E-state index in [9.17, 15) is 0 Å². The molecule has 0 aliphatic rings. The third-order valence-corrected chi connectivity index (χ3v) is 0. The Hall–Kier alpha value is 3.21. The van der Waals surface area contributed by atoms with Crippen molar-refractivity contribution in [3.8, 4) is 0 Å². The third-order valence-electron chi connectivity index (χ3n) is 0. The predicted molar refractivity (Wildman–Crippen MR) is 15.6 cm³/mol. The van der Waals surface area contributed by atoms with Crippen LogP contribution in [-0.2, 0) is 71.0 Å². The van der Waals surface area contributed by atoms with Gasteiger partial charge in [0.1, 0.15) is 0 Å². The van der Waals surface area contributed by atoms with Gasteiger partial charge in [-0.2, -0.15) is 0 Å². The Labute approximate surface area is 137 Å². The molecular weight excluding hydrogens is 359 g/mol. The van der Waals surface area contributed by atoms with Crippen LogP contribution in [0, 0.1) is 0 Å². The summed E-state index contributed by atoms with van der Waals surface area (Å²) in [7, 11) is 0. The van der Waals surface area contributed by atoms with Crippen LogP contribution in [0.2, 0.25) is 0 Å². The Morgan fingerprint density at radius 1 is 0.500 bits per heavy atom. The molecule has 0 aromatic carbocycles. The molecule has 0 aromatic rings. The molecule has 0 amide bonds. The first-order valence-electron chi connectivity index (χ1n) is 0. The molecule has 0 aliphatic carbocycles. The number of hydrogen-bond donors (Lipinski definition) is 0. The van der Waals surface area contributed by atoms with Crippen molar-refractivity contribution in [1.29, 1.82) is 0 Å². The zero-order valence-corrected chi connectivity index (χ0v) is 12.7. The van der Waals surface area contributed by atoms with Crippen molar-refractivity contribution in [2.45, 2.75) is 0 Å². The Bertz CT molecular complexity index is 17.7. The zero-order valence-electron chi connectivity index (χ0n) is 4.65. The summed E-state index contributed by atoms with van der Waals surface area (Å²) in [6.07, 6.45) is 0. The Morgan fingerprint density at radius 3 is 0.500 bits per heavy atom.